The lowest BCUT2D eigenvalue weighted by Crippen LogP contribution is -2.19. The van der Waals surface area contributed by atoms with Crippen molar-refractivity contribution in [3.05, 3.63) is 42.2 Å². The molecule has 2 rings (SSSR count). The first-order valence-electron chi connectivity index (χ1n) is 6.93. The molecule has 0 saturated carbocycles. The van der Waals surface area contributed by atoms with Crippen LogP contribution in [-0.2, 0) is 0 Å². The van der Waals surface area contributed by atoms with Crippen LogP contribution in [0.2, 0.25) is 0 Å². The fraction of sp³-hybridized carbons (Fsp3) is 0.333. The van der Waals surface area contributed by atoms with Crippen molar-refractivity contribution >= 4 is 17.4 Å². The van der Waals surface area contributed by atoms with E-state index in [0.29, 0.717) is 11.4 Å². The summed E-state index contributed by atoms with van der Waals surface area (Å²) in [7, 11) is 0. The number of nitrogens with two attached hydrogens (primary N) is 1. The summed E-state index contributed by atoms with van der Waals surface area (Å²) < 4.78 is 1.78. The zero-order valence-electron chi connectivity index (χ0n) is 12.5. The summed E-state index contributed by atoms with van der Waals surface area (Å²) >= 11 is 0. The van der Waals surface area contributed by atoms with Gasteiger partial charge in [0.15, 0.2) is 0 Å². The normalized spacial score (nSPS) is 12.2. The van der Waals surface area contributed by atoms with Crippen molar-refractivity contribution in [1.29, 1.82) is 0 Å². The molecular formula is C15H21N5O. The first-order chi connectivity index (χ1) is 9.95. The molecule has 0 bridgehead atoms. The van der Waals surface area contributed by atoms with Crippen LogP contribution in [0.4, 0.5) is 16.2 Å². The Bertz CT molecular complexity index is 601. The summed E-state index contributed by atoms with van der Waals surface area (Å²) in [6, 6.07) is 7.40. The van der Waals surface area contributed by atoms with Crippen LogP contribution in [0.25, 0.3) is 0 Å². The van der Waals surface area contributed by atoms with Gasteiger partial charge in [-0.15, -0.1) is 0 Å². The van der Waals surface area contributed by atoms with Crippen molar-refractivity contribution in [3.8, 4) is 0 Å². The maximum atomic E-state index is 11.9. The van der Waals surface area contributed by atoms with Gasteiger partial charge in [-0.1, -0.05) is 12.1 Å². The molecule has 1 aromatic heterocycles. The smallest absolute Gasteiger partial charge is 0.323 e. The predicted molar refractivity (Wildman–Crippen MR) is 84.3 cm³/mol. The van der Waals surface area contributed by atoms with Crippen LogP contribution in [0.15, 0.2) is 36.7 Å². The largest absolute Gasteiger partial charge is 0.324 e. The molecule has 0 fully saturated rings. The van der Waals surface area contributed by atoms with E-state index in [1.54, 1.807) is 17.1 Å². The van der Waals surface area contributed by atoms with Gasteiger partial charge in [0, 0.05) is 24.0 Å². The van der Waals surface area contributed by atoms with Gasteiger partial charge in [0.25, 0.3) is 0 Å². The van der Waals surface area contributed by atoms with Crippen LogP contribution in [0.5, 0.6) is 0 Å². The van der Waals surface area contributed by atoms with E-state index in [1.165, 1.54) is 0 Å². The highest BCUT2D eigenvalue weighted by Crippen LogP contribution is 2.15. The summed E-state index contributed by atoms with van der Waals surface area (Å²) in [6.45, 7) is 5.97. The fourth-order valence-electron chi connectivity index (χ4n) is 1.85. The minimum absolute atomic E-state index is 0.0188. The Balaban J connectivity index is 1.94. The number of amides is 2. The average molecular weight is 287 g/mol. The van der Waals surface area contributed by atoms with Gasteiger partial charge in [0.2, 0.25) is 0 Å². The Morgan fingerprint density at radius 2 is 1.76 bits per heavy atom. The van der Waals surface area contributed by atoms with Crippen LogP contribution >= 0.6 is 0 Å². The van der Waals surface area contributed by atoms with Gasteiger partial charge < -0.3 is 16.4 Å². The third kappa shape index (κ3) is 4.06. The molecular weight excluding hydrogens is 266 g/mol. The van der Waals surface area contributed by atoms with Crippen LogP contribution in [0.1, 0.15) is 38.4 Å². The van der Waals surface area contributed by atoms with E-state index < -0.39 is 0 Å². The SMILES string of the molecule is CC(N)c1ccc(NC(=O)Nc2cnn(C(C)C)c2)cc1. The standard InChI is InChI=1S/C15H21N5O/c1-10(2)20-9-14(8-17-20)19-15(21)18-13-6-4-12(5-7-13)11(3)16/h4-11H,16H2,1-3H3,(H2,18,19,21). The number of nitrogens with one attached hydrogen (secondary N) is 2. The summed E-state index contributed by atoms with van der Waals surface area (Å²) in [5, 5.41) is 9.68. The average Bonchev–Trinajstić information content (AvgIpc) is 2.87. The van der Waals surface area contributed by atoms with Crippen molar-refractivity contribution in [1.82, 2.24) is 9.78 Å². The molecule has 6 nitrogen and oxygen atoms in total. The predicted octanol–water partition coefficient (Wildman–Crippen LogP) is 3.13. The molecule has 112 valence electrons. The number of carbonyl (C=O) groups excluding carboxylic acids is 1. The number of rotatable bonds is 4. The van der Waals surface area contributed by atoms with Crippen LogP contribution in [0.3, 0.4) is 0 Å². The Morgan fingerprint density at radius 1 is 1.14 bits per heavy atom. The first-order valence-corrected chi connectivity index (χ1v) is 6.93. The van der Waals surface area contributed by atoms with Crippen LogP contribution in [-0.4, -0.2) is 15.8 Å². The molecule has 1 unspecified atom stereocenters. The minimum Gasteiger partial charge on any atom is -0.324 e. The molecule has 21 heavy (non-hydrogen) atoms. The second-order valence-corrected chi connectivity index (χ2v) is 5.29. The highest BCUT2D eigenvalue weighted by atomic mass is 16.2. The third-order valence-corrected chi connectivity index (χ3v) is 3.08. The van der Waals surface area contributed by atoms with Gasteiger partial charge in [-0.3, -0.25) is 4.68 Å². The molecule has 0 spiro atoms. The zero-order chi connectivity index (χ0) is 15.4. The van der Waals surface area contributed by atoms with E-state index >= 15 is 0 Å². The van der Waals surface area contributed by atoms with E-state index in [2.05, 4.69) is 15.7 Å². The molecule has 0 aliphatic heterocycles. The fourth-order valence-corrected chi connectivity index (χ4v) is 1.85. The van der Waals surface area contributed by atoms with Crippen molar-refractivity contribution < 1.29 is 4.79 Å². The van der Waals surface area contributed by atoms with Crippen molar-refractivity contribution in [2.24, 2.45) is 5.73 Å². The number of benzene rings is 1. The van der Waals surface area contributed by atoms with E-state index in [4.69, 9.17) is 5.73 Å². The van der Waals surface area contributed by atoms with Crippen LogP contribution in [0, 0.1) is 0 Å². The zero-order valence-corrected chi connectivity index (χ0v) is 12.5. The lowest BCUT2D eigenvalue weighted by atomic mass is 10.1. The Morgan fingerprint density at radius 3 is 2.29 bits per heavy atom. The van der Waals surface area contributed by atoms with Gasteiger partial charge in [-0.2, -0.15) is 5.10 Å². The van der Waals surface area contributed by atoms with Crippen molar-refractivity contribution in [2.45, 2.75) is 32.9 Å². The summed E-state index contributed by atoms with van der Waals surface area (Å²) in [6.07, 6.45) is 3.42. The molecule has 1 atom stereocenters. The third-order valence-electron chi connectivity index (χ3n) is 3.08. The highest BCUT2D eigenvalue weighted by Gasteiger charge is 2.06. The van der Waals surface area contributed by atoms with Gasteiger partial charge in [-0.25, -0.2) is 4.79 Å². The Kier molecular flexibility index (Phi) is 4.59. The molecule has 0 saturated heterocycles. The first kappa shape index (κ1) is 15.1. The molecule has 1 aromatic carbocycles. The van der Waals surface area contributed by atoms with Gasteiger partial charge in [0.1, 0.15) is 0 Å². The van der Waals surface area contributed by atoms with Gasteiger partial charge in [0.05, 0.1) is 11.9 Å². The molecule has 2 amide bonds. The number of hydrogen-bond donors (Lipinski definition) is 3. The summed E-state index contributed by atoms with van der Waals surface area (Å²) in [4.78, 5) is 11.9. The number of anilines is 2. The van der Waals surface area contributed by atoms with E-state index in [-0.39, 0.29) is 18.1 Å². The molecule has 0 aliphatic rings. The van der Waals surface area contributed by atoms with E-state index in [9.17, 15) is 4.79 Å². The number of aromatic nitrogens is 2. The number of urea groups is 1. The lowest BCUT2D eigenvalue weighted by Gasteiger charge is -2.09. The van der Waals surface area contributed by atoms with Crippen molar-refractivity contribution in [2.75, 3.05) is 10.6 Å². The Hall–Kier alpha value is -2.34. The van der Waals surface area contributed by atoms with Gasteiger partial charge >= 0.3 is 6.03 Å². The molecule has 0 aliphatic carbocycles. The second kappa shape index (κ2) is 6.41. The van der Waals surface area contributed by atoms with Crippen LogP contribution < -0.4 is 16.4 Å². The minimum atomic E-state index is -0.299. The number of carbonyl (C=O) groups is 1. The maximum absolute atomic E-state index is 11.9. The van der Waals surface area contributed by atoms with E-state index in [0.717, 1.165) is 5.56 Å². The second-order valence-electron chi connectivity index (χ2n) is 5.29. The van der Waals surface area contributed by atoms with Gasteiger partial charge in [-0.05, 0) is 38.5 Å². The lowest BCUT2D eigenvalue weighted by molar-refractivity contribution is 0.262. The van der Waals surface area contributed by atoms with Crippen molar-refractivity contribution in [3.63, 3.8) is 0 Å². The Labute approximate surface area is 124 Å². The quantitative estimate of drug-likeness (QED) is 0.807. The summed E-state index contributed by atoms with van der Waals surface area (Å²) in [5.74, 6) is 0. The number of nitrogens with zero attached hydrogens (tertiary/aromatic N) is 2. The molecule has 1 heterocycles. The maximum Gasteiger partial charge on any atom is 0.323 e. The molecule has 2 aromatic rings. The monoisotopic (exact) mass is 287 g/mol. The molecule has 0 radical (unpaired) electrons. The summed E-state index contributed by atoms with van der Waals surface area (Å²) in [5.41, 5.74) is 8.19. The highest BCUT2D eigenvalue weighted by molar-refractivity contribution is 5.99. The topological polar surface area (TPSA) is 85.0 Å². The molecule has 4 N–H and O–H groups in total. The number of hydrogen-bond acceptors (Lipinski definition) is 3. The molecule has 6 heteroatoms. The van der Waals surface area contributed by atoms with E-state index in [1.807, 2.05) is 45.0 Å².